The van der Waals surface area contributed by atoms with Gasteiger partial charge in [-0.15, -0.1) is 0 Å². The van der Waals surface area contributed by atoms with Gasteiger partial charge in [-0.05, 0) is 42.5 Å². The molecule has 0 amide bonds. The molecule has 0 spiro atoms. The summed E-state index contributed by atoms with van der Waals surface area (Å²) in [5.74, 6) is 0.940. The standard InChI is InChI=1S/C16H23BrN2O2/c17-15-2-1-13(20)11-14(15)16(12-3-9-21-10-4-12)19-7-5-18-6-8-19/h1-2,11-12,16,18,20H,3-10H2/t16-/m0/s1. The quantitative estimate of drug-likeness (QED) is 0.875. The summed E-state index contributed by atoms with van der Waals surface area (Å²) in [6, 6.07) is 5.98. The van der Waals surface area contributed by atoms with Crippen LogP contribution in [0.25, 0.3) is 0 Å². The van der Waals surface area contributed by atoms with Crippen molar-refractivity contribution in [1.82, 2.24) is 10.2 Å². The summed E-state index contributed by atoms with van der Waals surface area (Å²) >= 11 is 3.68. The molecule has 21 heavy (non-hydrogen) atoms. The van der Waals surface area contributed by atoms with Crippen LogP contribution in [0.1, 0.15) is 24.4 Å². The third-order valence-electron chi connectivity index (χ3n) is 4.56. The molecular formula is C16H23BrN2O2. The molecule has 0 saturated carbocycles. The van der Waals surface area contributed by atoms with Gasteiger partial charge in [0.1, 0.15) is 5.75 Å². The first-order valence-corrected chi connectivity index (χ1v) is 8.56. The van der Waals surface area contributed by atoms with Crippen LogP contribution >= 0.6 is 15.9 Å². The molecule has 2 aliphatic rings. The second kappa shape index (κ2) is 7.09. The fourth-order valence-electron chi connectivity index (χ4n) is 3.50. The zero-order valence-corrected chi connectivity index (χ0v) is 13.8. The van der Waals surface area contributed by atoms with Crippen molar-refractivity contribution < 1.29 is 9.84 Å². The van der Waals surface area contributed by atoms with Gasteiger partial charge in [0.2, 0.25) is 0 Å². The topological polar surface area (TPSA) is 44.7 Å². The number of rotatable bonds is 3. The molecule has 3 rings (SSSR count). The van der Waals surface area contributed by atoms with E-state index >= 15 is 0 Å². The van der Waals surface area contributed by atoms with E-state index in [4.69, 9.17) is 4.74 Å². The summed E-state index contributed by atoms with van der Waals surface area (Å²) in [6.07, 6.45) is 2.19. The lowest BCUT2D eigenvalue weighted by atomic mass is 9.85. The molecular weight excluding hydrogens is 332 g/mol. The first-order valence-electron chi connectivity index (χ1n) is 7.76. The van der Waals surface area contributed by atoms with Crippen LogP contribution in [0, 0.1) is 5.92 Å². The molecule has 0 aliphatic carbocycles. The molecule has 0 bridgehead atoms. The Morgan fingerprint density at radius 3 is 2.67 bits per heavy atom. The van der Waals surface area contributed by atoms with Crippen molar-refractivity contribution in [3.05, 3.63) is 28.2 Å². The van der Waals surface area contributed by atoms with Crippen LogP contribution in [0.5, 0.6) is 5.75 Å². The number of piperazine rings is 1. The zero-order chi connectivity index (χ0) is 14.7. The van der Waals surface area contributed by atoms with Gasteiger partial charge in [-0.25, -0.2) is 0 Å². The van der Waals surface area contributed by atoms with Crippen LogP contribution in [-0.2, 0) is 4.74 Å². The first kappa shape index (κ1) is 15.3. The van der Waals surface area contributed by atoms with Crippen molar-refractivity contribution in [2.24, 2.45) is 5.92 Å². The van der Waals surface area contributed by atoms with E-state index in [-0.39, 0.29) is 0 Å². The third kappa shape index (κ3) is 3.59. The van der Waals surface area contributed by atoms with Gasteiger partial charge in [0, 0.05) is 49.9 Å². The van der Waals surface area contributed by atoms with Gasteiger partial charge in [0.25, 0.3) is 0 Å². The Morgan fingerprint density at radius 1 is 1.24 bits per heavy atom. The minimum atomic E-state index is 0.348. The Hall–Kier alpha value is -0.620. The van der Waals surface area contributed by atoms with Gasteiger partial charge in [0.15, 0.2) is 0 Å². The highest BCUT2D eigenvalue weighted by Crippen LogP contribution is 2.39. The molecule has 2 aliphatic heterocycles. The number of nitrogens with zero attached hydrogens (tertiary/aromatic N) is 1. The fraction of sp³-hybridized carbons (Fsp3) is 0.625. The van der Waals surface area contributed by atoms with Crippen molar-refractivity contribution in [3.8, 4) is 5.75 Å². The Morgan fingerprint density at radius 2 is 1.95 bits per heavy atom. The second-order valence-corrected chi connectivity index (χ2v) is 6.74. The van der Waals surface area contributed by atoms with Crippen LogP contribution < -0.4 is 5.32 Å². The maximum Gasteiger partial charge on any atom is 0.115 e. The molecule has 2 N–H and O–H groups in total. The Labute approximate surface area is 134 Å². The third-order valence-corrected chi connectivity index (χ3v) is 5.28. The SMILES string of the molecule is Oc1ccc(Br)c([C@H](C2CCOCC2)N2CCNCC2)c1. The van der Waals surface area contributed by atoms with E-state index in [1.54, 1.807) is 6.07 Å². The molecule has 2 heterocycles. The van der Waals surface area contributed by atoms with Crippen LogP contribution in [0.4, 0.5) is 0 Å². The number of benzene rings is 1. The first-order chi connectivity index (χ1) is 10.3. The highest BCUT2D eigenvalue weighted by atomic mass is 79.9. The normalized spacial score (nSPS) is 23.1. The highest BCUT2D eigenvalue weighted by molar-refractivity contribution is 9.10. The maximum absolute atomic E-state index is 9.91. The Balaban J connectivity index is 1.91. The highest BCUT2D eigenvalue weighted by Gasteiger charge is 2.32. The van der Waals surface area contributed by atoms with Crippen LogP contribution in [0.2, 0.25) is 0 Å². The van der Waals surface area contributed by atoms with Crippen molar-refractivity contribution in [2.45, 2.75) is 18.9 Å². The van der Waals surface area contributed by atoms with Crippen LogP contribution in [0.15, 0.2) is 22.7 Å². The largest absolute Gasteiger partial charge is 0.508 e. The van der Waals surface area contributed by atoms with E-state index in [0.717, 1.165) is 56.7 Å². The average molecular weight is 355 g/mol. The summed E-state index contributed by atoms with van der Waals surface area (Å²) in [5, 5.41) is 13.3. The number of aromatic hydroxyl groups is 1. The van der Waals surface area contributed by atoms with Gasteiger partial charge in [0.05, 0.1) is 0 Å². The summed E-state index contributed by atoms with van der Waals surface area (Å²) in [5.41, 5.74) is 1.21. The van der Waals surface area contributed by atoms with Crippen molar-refractivity contribution in [1.29, 1.82) is 0 Å². The van der Waals surface area contributed by atoms with E-state index in [2.05, 4.69) is 26.1 Å². The molecule has 2 fully saturated rings. The molecule has 1 aromatic carbocycles. The molecule has 0 aromatic heterocycles. The minimum absolute atomic E-state index is 0.348. The number of ether oxygens (including phenoxy) is 1. The number of hydrogen-bond donors (Lipinski definition) is 2. The van der Waals surface area contributed by atoms with Crippen LogP contribution in [0.3, 0.4) is 0 Å². The van der Waals surface area contributed by atoms with E-state index in [1.165, 1.54) is 5.56 Å². The minimum Gasteiger partial charge on any atom is -0.508 e. The number of nitrogens with one attached hydrogen (secondary N) is 1. The molecule has 4 nitrogen and oxygen atoms in total. The summed E-state index contributed by atoms with van der Waals surface area (Å²) in [7, 11) is 0. The molecule has 116 valence electrons. The number of hydrogen-bond acceptors (Lipinski definition) is 4. The molecule has 1 atom stereocenters. The summed E-state index contributed by atoms with van der Waals surface area (Å²) in [6.45, 7) is 5.90. The fourth-order valence-corrected chi connectivity index (χ4v) is 3.98. The predicted molar refractivity (Wildman–Crippen MR) is 86.5 cm³/mol. The zero-order valence-electron chi connectivity index (χ0n) is 12.2. The number of phenolic OH excluding ortho intramolecular Hbond substituents is 1. The van der Waals surface area contributed by atoms with Crippen molar-refractivity contribution in [3.63, 3.8) is 0 Å². The number of phenols is 1. The van der Waals surface area contributed by atoms with Crippen molar-refractivity contribution in [2.75, 3.05) is 39.4 Å². The predicted octanol–water partition coefficient (Wildman–Crippen LogP) is 2.53. The Bertz CT molecular complexity index is 453. The maximum atomic E-state index is 9.91. The van der Waals surface area contributed by atoms with Crippen molar-refractivity contribution >= 4 is 15.9 Å². The lowest BCUT2D eigenvalue weighted by molar-refractivity contribution is 0.0210. The molecule has 0 radical (unpaired) electrons. The Kier molecular flexibility index (Phi) is 5.16. The van der Waals surface area contributed by atoms with E-state index in [9.17, 15) is 5.11 Å². The average Bonchev–Trinajstić information content (AvgIpc) is 2.53. The van der Waals surface area contributed by atoms with Gasteiger partial charge >= 0.3 is 0 Å². The molecule has 5 heteroatoms. The van der Waals surface area contributed by atoms with E-state index < -0.39 is 0 Å². The van der Waals surface area contributed by atoms with Gasteiger partial charge < -0.3 is 15.2 Å². The number of halogens is 1. The van der Waals surface area contributed by atoms with Gasteiger partial charge in [-0.1, -0.05) is 15.9 Å². The van der Waals surface area contributed by atoms with Crippen LogP contribution in [-0.4, -0.2) is 49.4 Å². The lowest BCUT2D eigenvalue weighted by Gasteiger charge is -2.41. The summed E-state index contributed by atoms with van der Waals surface area (Å²) in [4.78, 5) is 2.56. The van der Waals surface area contributed by atoms with E-state index in [1.807, 2.05) is 12.1 Å². The smallest absolute Gasteiger partial charge is 0.115 e. The summed E-state index contributed by atoms with van der Waals surface area (Å²) < 4.78 is 6.63. The lowest BCUT2D eigenvalue weighted by Crippen LogP contribution is -2.47. The second-order valence-electron chi connectivity index (χ2n) is 5.89. The van der Waals surface area contributed by atoms with Gasteiger partial charge in [-0.3, -0.25) is 4.90 Å². The van der Waals surface area contributed by atoms with Gasteiger partial charge in [-0.2, -0.15) is 0 Å². The van der Waals surface area contributed by atoms with E-state index in [0.29, 0.717) is 17.7 Å². The molecule has 0 unspecified atom stereocenters. The monoisotopic (exact) mass is 354 g/mol. The molecule has 2 saturated heterocycles. The molecule has 1 aromatic rings.